The van der Waals surface area contributed by atoms with E-state index in [1.165, 1.54) is 0 Å². The van der Waals surface area contributed by atoms with Gasteiger partial charge in [-0.3, -0.25) is 4.90 Å². The largest absolute Gasteiger partial charge is 0.367 e. The third kappa shape index (κ3) is 3.77. The fourth-order valence-electron chi connectivity index (χ4n) is 2.37. The third-order valence-electron chi connectivity index (χ3n) is 3.76. The second-order valence-corrected chi connectivity index (χ2v) is 5.69. The summed E-state index contributed by atoms with van der Waals surface area (Å²) in [7, 11) is 0. The van der Waals surface area contributed by atoms with Crippen molar-refractivity contribution >= 4 is 0 Å². The Morgan fingerprint density at radius 2 is 2.25 bits per heavy atom. The van der Waals surface area contributed by atoms with Gasteiger partial charge in [-0.05, 0) is 20.3 Å². The molecule has 6 nitrogen and oxygen atoms in total. The van der Waals surface area contributed by atoms with Crippen LogP contribution >= 0.6 is 0 Å². The van der Waals surface area contributed by atoms with Crippen LogP contribution in [0.4, 0.5) is 0 Å². The van der Waals surface area contributed by atoms with Crippen LogP contribution in [0.1, 0.15) is 63.9 Å². The van der Waals surface area contributed by atoms with Crippen molar-refractivity contribution in [2.75, 3.05) is 19.7 Å². The summed E-state index contributed by atoms with van der Waals surface area (Å²) in [5.41, 5.74) is 6.05. The van der Waals surface area contributed by atoms with Crippen LogP contribution in [0.15, 0.2) is 4.52 Å². The number of nitrogens with two attached hydrogens (primary N) is 1. The number of hydrogen-bond acceptors (Lipinski definition) is 6. The van der Waals surface area contributed by atoms with Gasteiger partial charge in [-0.15, -0.1) is 0 Å². The molecule has 1 aliphatic heterocycles. The first kappa shape index (κ1) is 15.4. The smallest absolute Gasteiger partial charge is 0.243 e. The number of nitrogens with zero attached hydrogens (tertiary/aromatic N) is 3. The van der Waals surface area contributed by atoms with E-state index in [0.29, 0.717) is 24.4 Å². The van der Waals surface area contributed by atoms with E-state index in [4.69, 9.17) is 15.0 Å². The predicted molar refractivity (Wildman–Crippen MR) is 76.2 cm³/mol. The fourth-order valence-corrected chi connectivity index (χ4v) is 2.37. The molecule has 0 aliphatic carbocycles. The zero-order chi connectivity index (χ0) is 14.5. The van der Waals surface area contributed by atoms with Crippen molar-refractivity contribution in [3.63, 3.8) is 0 Å². The van der Waals surface area contributed by atoms with Gasteiger partial charge in [0, 0.05) is 19.1 Å². The van der Waals surface area contributed by atoms with E-state index in [1.807, 2.05) is 0 Å². The Bertz CT molecular complexity index is 408. The van der Waals surface area contributed by atoms with E-state index in [-0.39, 0.29) is 12.1 Å². The molecule has 2 unspecified atom stereocenters. The van der Waals surface area contributed by atoms with Crippen LogP contribution in [0, 0.1) is 0 Å². The van der Waals surface area contributed by atoms with Gasteiger partial charge in [0.2, 0.25) is 11.7 Å². The molecule has 20 heavy (non-hydrogen) atoms. The maximum atomic E-state index is 6.05. The van der Waals surface area contributed by atoms with Crippen molar-refractivity contribution in [2.24, 2.45) is 5.73 Å². The highest BCUT2D eigenvalue weighted by molar-refractivity contribution is 4.97. The van der Waals surface area contributed by atoms with E-state index < -0.39 is 0 Å². The molecule has 0 bridgehead atoms. The normalized spacial score (nSPS) is 22.4. The van der Waals surface area contributed by atoms with Crippen molar-refractivity contribution in [3.05, 3.63) is 11.7 Å². The molecule has 114 valence electrons. The molecule has 1 aromatic rings. The number of ether oxygens (including phenoxy) is 1. The zero-order valence-electron chi connectivity index (χ0n) is 12.7. The molecule has 1 fully saturated rings. The van der Waals surface area contributed by atoms with E-state index in [9.17, 15) is 0 Å². The Balaban J connectivity index is 1.97. The molecule has 1 aliphatic rings. The summed E-state index contributed by atoms with van der Waals surface area (Å²) in [6.07, 6.45) is 2.95. The highest BCUT2D eigenvalue weighted by Gasteiger charge is 2.28. The average molecular weight is 282 g/mol. The molecule has 1 aromatic heterocycles. The minimum atomic E-state index is -0.166. The lowest BCUT2D eigenvalue weighted by molar-refractivity contribution is -0.0450. The summed E-state index contributed by atoms with van der Waals surface area (Å²) in [5.74, 6) is 1.15. The second kappa shape index (κ2) is 7.15. The van der Waals surface area contributed by atoms with E-state index in [0.717, 1.165) is 32.4 Å². The van der Waals surface area contributed by atoms with E-state index in [1.54, 1.807) is 0 Å². The standard InChI is InChI=1S/C14H26N4O2/c1-4-5-6-11(15)14-16-13(17-20-14)12-9-18(10(2)3)7-8-19-12/h10-12H,4-9,15H2,1-3H3. The molecule has 0 saturated carbocycles. The average Bonchev–Trinajstić information content (AvgIpc) is 2.94. The van der Waals surface area contributed by atoms with Gasteiger partial charge in [-0.1, -0.05) is 24.9 Å². The Kier molecular flexibility index (Phi) is 5.51. The second-order valence-electron chi connectivity index (χ2n) is 5.69. The maximum absolute atomic E-state index is 6.05. The molecule has 0 amide bonds. The van der Waals surface area contributed by atoms with Crippen LogP contribution in [0.5, 0.6) is 0 Å². The first-order valence-corrected chi connectivity index (χ1v) is 7.56. The Morgan fingerprint density at radius 3 is 2.95 bits per heavy atom. The lowest BCUT2D eigenvalue weighted by atomic mass is 10.1. The van der Waals surface area contributed by atoms with Crippen molar-refractivity contribution in [3.8, 4) is 0 Å². The fraction of sp³-hybridized carbons (Fsp3) is 0.857. The molecule has 0 radical (unpaired) electrons. The summed E-state index contributed by atoms with van der Waals surface area (Å²) in [5, 5.41) is 4.05. The lowest BCUT2D eigenvalue weighted by Gasteiger charge is -2.34. The molecule has 2 rings (SSSR count). The minimum absolute atomic E-state index is 0.109. The third-order valence-corrected chi connectivity index (χ3v) is 3.76. The van der Waals surface area contributed by atoms with Crippen LogP contribution in [0.25, 0.3) is 0 Å². The Hall–Kier alpha value is -0.980. The number of unbranched alkanes of at least 4 members (excludes halogenated alkanes) is 1. The number of morpholine rings is 1. The minimum Gasteiger partial charge on any atom is -0.367 e. The van der Waals surface area contributed by atoms with Crippen LogP contribution in [0.2, 0.25) is 0 Å². The summed E-state index contributed by atoms with van der Waals surface area (Å²) in [4.78, 5) is 6.79. The van der Waals surface area contributed by atoms with Crippen LogP contribution in [0.3, 0.4) is 0 Å². The van der Waals surface area contributed by atoms with Gasteiger partial charge < -0.3 is 15.0 Å². The summed E-state index contributed by atoms with van der Waals surface area (Å²) in [6, 6.07) is 0.334. The molecular weight excluding hydrogens is 256 g/mol. The van der Waals surface area contributed by atoms with E-state index in [2.05, 4.69) is 35.8 Å². The highest BCUT2D eigenvalue weighted by Crippen LogP contribution is 2.23. The molecule has 1 saturated heterocycles. The topological polar surface area (TPSA) is 77.4 Å². The van der Waals surface area contributed by atoms with Gasteiger partial charge in [-0.25, -0.2) is 0 Å². The number of aromatic nitrogens is 2. The van der Waals surface area contributed by atoms with Gasteiger partial charge >= 0.3 is 0 Å². The summed E-state index contributed by atoms with van der Waals surface area (Å²) >= 11 is 0. The van der Waals surface area contributed by atoms with Gasteiger partial charge in [-0.2, -0.15) is 4.98 Å². The highest BCUT2D eigenvalue weighted by atomic mass is 16.5. The van der Waals surface area contributed by atoms with E-state index >= 15 is 0 Å². The van der Waals surface area contributed by atoms with Crippen molar-refractivity contribution in [2.45, 2.75) is 58.2 Å². The SMILES string of the molecule is CCCCC(N)c1nc(C2CN(C(C)C)CCO2)no1. The summed E-state index contributed by atoms with van der Waals surface area (Å²) < 4.78 is 11.0. The van der Waals surface area contributed by atoms with Crippen LogP contribution < -0.4 is 5.73 Å². The molecule has 2 atom stereocenters. The van der Waals surface area contributed by atoms with Gasteiger partial charge in [0.25, 0.3) is 0 Å². The molecule has 6 heteroatoms. The monoisotopic (exact) mass is 282 g/mol. The van der Waals surface area contributed by atoms with Crippen molar-refractivity contribution in [1.29, 1.82) is 0 Å². The number of rotatable bonds is 6. The zero-order valence-corrected chi connectivity index (χ0v) is 12.7. The molecule has 0 aromatic carbocycles. The first-order chi connectivity index (χ1) is 9.61. The lowest BCUT2D eigenvalue weighted by Crippen LogP contribution is -2.42. The van der Waals surface area contributed by atoms with Gasteiger partial charge in [0.15, 0.2) is 0 Å². The maximum Gasteiger partial charge on any atom is 0.243 e. The van der Waals surface area contributed by atoms with Crippen LogP contribution in [-0.4, -0.2) is 40.8 Å². The number of hydrogen-bond donors (Lipinski definition) is 1. The van der Waals surface area contributed by atoms with Gasteiger partial charge in [0.05, 0.1) is 12.6 Å². The van der Waals surface area contributed by atoms with Crippen molar-refractivity contribution < 1.29 is 9.26 Å². The Morgan fingerprint density at radius 1 is 1.45 bits per heavy atom. The molecule has 2 heterocycles. The summed E-state index contributed by atoms with van der Waals surface area (Å²) in [6.45, 7) is 8.97. The van der Waals surface area contributed by atoms with Crippen LogP contribution in [-0.2, 0) is 4.74 Å². The quantitative estimate of drug-likeness (QED) is 0.860. The molecule has 2 N–H and O–H groups in total. The van der Waals surface area contributed by atoms with Crippen molar-refractivity contribution in [1.82, 2.24) is 15.0 Å². The first-order valence-electron chi connectivity index (χ1n) is 7.56. The predicted octanol–water partition coefficient (Wildman–Crippen LogP) is 2.04. The molecule has 0 spiro atoms. The Labute approximate surface area is 120 Å². The van der Waals surface area contributed by atoms with Gasteiger partial charge in [0.1, 0.15) is 6.10 Å². The molecular formula is C14H26N4O2.